The van der Waals surface area contributed by atoms with E-state index in [9.17, 15) is 4.79 Å². The van der Waals surface area contributed by atoms with Crippen molar-refractivity contribution in [2.24, 2.45) is 0 Å². The summed E-state index contributed by atoms with van der Waals surface area (Å²) in [6.07, 6.45) is 2.46. The van der Waals surface area contributed by atoms with Gasteiger partial charge < -0.3 is 4.90 Å². The summed E-state index contributed by atoms with van der Waals surface area (Å²) in [5, 5.41) is 0. The Bertz CT molecular complexity index is 358. The Morgan fingerprint density at radius 3 is 2.80 bits per heavy atom. The number of likely N-dealkylation sites (tertiary alicyclic amines) is 1. The molecule has 1 aromatic rings. The van der Waals surface area contributed by atoms with Gasteiger partial charge in [0.25, 0.3) is 0 Å². The summed E-state index contributed by atoms with van der Waals surface area (Å²) in [6, 6.07) is 10.4. The SMILES string of the molecule is C=CC(=O)N1CC[C@H](c2ccccc2)C1. The predicted octanol–water partition coefficient (Wildman–Crippen LogP) is 2.19. The molecule has 0 aromatic heterocycles. The Hall–Kier alpha value is -1.57. The fourth-order valence-electron chi connectivity index (χ4n) is 2.09. The molecule has 0 aliphatic carbocycles. The summed E-state index contributed by atoms with van der Waals surface area (Å²) in [5.74, 6) is 0.545. The Morgan fingerprint density at radius 2 is 2.13 bits per heavy atom. The van der Waals surface area contributed by atoms with Crippen molar-refractivity contribution in [2.75, 3.05) is 13.1 Å². The van der Waals surface area contributed by atoms with E-state index in [1.165, 1.54) is 11.6 Å². The quantitative estimate of drug-likeness (QED) is 0.672. The van der Waals surface area contributed by atoms with E-state index in [1.807, 2.05) is 23.1 Å². The second-order valence-corrected chi connectivity index (χ2v) is 3.88. The van der Waals surface area contributed by atoms with E-state index in [0.717, 1.165) is 19.5 Å². The summed E-state index contributed by atoms with van der Waals surface area (Å²) < 4.78 is 0. The zero-order valence-corrected chi connectivity index (χ0v) is 8.73. The molecular weight excluding hydrogens is 186 g/mol. The van der Waals surface area contributed by atoms with Crippen molar-refractivity contribution >= 4 is 5.91 Å². The summed E-state index contributed by atoms with van der Waals surface area (Å²) in [5.41, 5.74) is 1.33. The maximum atomic E-state index is 11.4. The average Bonchev–Trinajstić information content (AvgIpc) is 2.78. The molecule has 1 atom stereocenters. The molecule has 0 unspecified atom stereocenters. The first-order valence-electron chi connectivity index (χ1n) is 5.27. The van der Waals surface area contributed by atoms with Crippen LogP contribution in [-0.2, 0) is 4.79 Å². The molecule has 1 fully saturated rings. The molecule has 15 heavy (non-hydrogen) atoms. The van der Waals surface area contributed by atoms with Crippen LogP contribution in [0.2, 0.25) is 0 Å². The first kappa shape index (κ1) is 9.97. The molecule has 1 aromatic carbocycles. The number of carbonyl (C=O) groups excluding carboxylic acids is 1. The molecule has 1 aliphatic heterocycles. The largest absolute Gasteiger partial charge is 0.339 e. The highest BCUT2D eigenvalue weighted by molar-refractivity contribution is 5.87. The third-order valence-corrected chi connectivity index (χ3v) is 2.95. The Labute approximate surface area is 90.2 Å². The molecule has 2 heteroatoms. The molecule has 0 bridgehead atoms. The predicted molar refractivity (Wildman–Crippen MR) is 60.6 cm³/mol. The van der Waals surface area contributed by atoms with E-state index in [0.29, 0.717) is 5.92 Å². The minimum absolute atomic E-state index is 0.0495. The van der Waals surface area contributed by atoms with Crippen LogP contribution in [0.5, 0.6) is 0 Å². The number of nitrogens with zero attached hydrogens (tertiary/aromatic N) is 1. The Kier molecular flexibility index (Phi) is 2.86. The van der Waals surface area contributed by atoms with Crippen LogP contribution in [0.25, 0.3) is 0 Å². The highest BCUT2D eigenvalue weighted by Gasteiger charge is 2.25. The van der Waals surface area contributed by atoms with Gasteiger partial charge in [0.1, 0.15) is 0 Å². The molecule has 1 heterocycles. The van der Waals surface area contributed by atoms with E-state index >= 15 is 0 Å². The molecule has 1 aliphatic rings. The van der Waals surface area contributed by atoms with Crippen LogP contribution < -0.4 is 0 Å². The number of carbonyl (C=O) groups is 1. The van der Waals surface area contributed by atoms with Crippen LogP contribution in [0.4, 0.5) is 0 Å². The second kappa shape index (κ2) is 4.30. The molecule has 2 rings (SSSR count). The van der Waals surface area contributed by atoms with Crippen LogP contribution in [0, 0.1) is 0 Å². The third-order valence-electron chi connectivity index (χ3n) is 2.95. The van der Waals surface area contributed by atoms with Gasteiger partial charge >= 0.3 is 0 Å². The van der Waals surface area contributed by atoms with Crippen molar-refractivity contribution in [3.8, 4) is 0 Å². The number of amides is 1. The summed E-state index contributed by atoms with van der Waals surface area (Å²) in [7, 11) is 0. The van der Waals surface area contributed by atoms with E-state index in [2.05, 4.69) is 18.7 Å². The van der Waals surface area contributed by atoms with Crippen LogP contribution >= 0.6 is 0 Å². The normalized spacial score (nSPS) is 20.3. The molecule has 0 spiro atoms. The smallest absolute Gasteiger partial charge is 0.245 e. The van der Waals surface area contributed by atoms with E-state index in [-0.39, 0.29) is 5.91 Å². The fraction of sp³-hybridized carbons (Fsp3) is 0.308. The lowest BCUT2D eigenvalue weighted by Crippen LogP contribution is -2.26. The summed E-state index contributed by atoms with van der Waals surface area (Å²) >= 11 is 0. The minimum atomic E-state index is 0.0495. The second-order valence-electron chi connectivity index (χ2n) is 3.88. The monoisotopic (exact) mass is 201 g/mol. The Morgan fingerprint density at radius 1 is 1.40 bits per heavy atom. The van der Waals surface area contributed by atoms with Gasteiger partial charge in [-0.3, -0.25) is 4.79 Å². The van der Waals surface area contributed by atoms with Crippen molar-refractivity contribution in [1.82, 2.24) is 4.90 Å². The maximum Gasteiger partial charge on any atom is 0.245 e. The number of hydrogen-bond acceptors (Lipinski definition) is 1. The zero-order chi connectivity index (χ0) is 10.7. The van der Waals surface area contributed by atoms with Crippen molar-refractivity contribution in [3.05, 3.63) is 48.6 Å². The Balaban J connectivity index is 2.05. The number of rotatable bonds is 2. The third kappa shape index (κ3) is 2.09. The molecule has 0 radical (unpaired) electrons. The molecule has 78 valence electrons. The van der Waals surface area contributed by atoms with Crippen molar-refractivity contribution in [3.63, 3.8) is 0 Å². The van der Waals surface area contributed by atoms with Crippen LogP contribution in [-0.4, -0.2) is 23.9 Å². The molecule has 1 amide bonds. The lowest BCUT2D eigenvalue weighted by atomic mass is 9.99. The fourth-order valence-corrected chi connectivity index (χ4v) is 2.09. The van der Waals surface area contributed by atoms with Gasteiger partial charge in [-0.25, -0.2) is 0 Å². The van der Waals surface area contributed by atoms with E-state index < -0.39 is 0 Å². The van der Waals surface area contributed by atoms with Crippen LogP contribution in [0.15, 0.2) is 43.0 Å². The molecule has 1 saturated heterocycles. The highest BCUT2D eigenvalue weighted by atomic mass is 16.2. The topological polar surface area (TPSA) is 20.3 Å². The number of hydrogen-bond donors (Lipinski definition) is 0. The first-order valence-corrected chi connectivity index (χ1v) is 5.27. The molecule has 0 N–H and O–H groups in total. The standard InChI is InChI=1S/C13H15NO/c1-2-13(15)14-9-8-12(10-14)11-6-4-3-5-7-11/h2-7,12H,1,8-10H2/t12-/m0/s1. The average molecular weight is 201 g/mol. The number of benzene rings is 1. The van der Waals surface area contributed by atoms with Gasteiger partial charge in [-0.2, -0.15) is 0 Å². The van der Waals surface area contributed by atoms with E-state index in [1.54, 1.807) is 0 Å². The maximum absolute atomic E-state index is 11.4. The molecule has 0 saturated carbocycles. The van der Waals surface area contributed by atoms with Crippen LogP contribution in [0.3, 0.4) is 0 Å². The first-order chi connectivity index (χ1) is 7.31. The van der Waals surface area contributed by atoms with Gasteiger partial charge in [-0.1, -0.05) is 36.9 Å². The zero-order valence-electron chi connectivity index (χ0n) is 8.73. The van der Waals surface area contributed by atoms with Gasteiger partial charge in [-0.15, -0.1) is 0 Å². The van der Waals surface area contributed by atoms with Crippen molar-refractivity contribution < 1.29 is 4.79 Å². The molecular formula is C13H15NO. The van der Waals surface area contributed by atoms with Gasteiger partial charge in [0.05, 0.1) is 0 Å². The lowest BCUT2D eigenvalue weighted by molar-refractivity contribution is -0.125. The summed E-state index contributed by atoms with van der Waals surface area (Å²) in [6.45, 7) is 5.19. The highest BCUT2D eigenvalue weighted by Crippen LogP contribution is 2.26. The lowest BCUT2D eigenvalue weighted by Gasteiger charge is -2.14. The van der Waals surface area contributed by atoms with E-state index in [4.69, 9.17) is 0 Å². The van der Waals surface area contributed by atoms with Gasteiger partial charge in [-0.05, 0) is 18.1 Å². The van der Waals surface area contributed by atoms with Gasteiger partial charge in [0.15, 0.2) is 0 Å². The van der Waals surface area contributed by atoms with Crippen molar-refractivity contribution in [2.45, 2.75) is 12.3 Å². The van der Waals surface area contributed by atoms with Gasteiger partial charge in [0, 0.05) is 19.0 Å². The summed E-state index contributed by atoms with van der Waals surface area (Å²) in [4.78, 5) is 13.3. The van der Waals surface area contributed by atoms with Crippen molar-refractivity contribution in [1.29, 1.82) is 0 Å². The minimum Gasteiger partial charge on any atom is -0.339 e. The van der Waals surface area contributed by atoms with Gasteiger partial charge in [0.2, 0.25) is 5.91 Å². The molecule has 2 nitrogen and oxygen atoms in total. The van der Waals surface area contributed by atoms with Crippen LogP contribution in [0.1, 0.15) is 17.9 Å².